The SMILES string of the molecule is Cc1cc(C(=O)N2CCC(C(=O)O)(C(C)C)C2)ccc1[N+](=O)[O-]. The lowest BCUT2D eigenvalue weighted by atomic mass is 9.76. The zero-order valence-corrected chi connectivity index (χ0v) is 13.4. The van der Waals surface area contributed by atoms with Crippen molar-refractivity contribution in [1.29, 1.82) is 0 Å². The van der Waals surface area contributed by atoms with E-state index in [2.05, 4.69) is 0 Å². The molecule has 0 bridgehead atoms. The van der Waals surface area contributed by atoms with Gasteiger partial charge in [0.1, 0.15) is 0 Å². The van der Waals surface area contributed by atoms with Crippen LogP contribution in [0.2, 0.25) is 0 Å². The summed E-state index contributed by atoms with van der Waals surface area (Å²) in [6.07, 6.45) is 0.414. The number of carbonyl (C=O) groups excluding carboxylic acids is 1. The van der Waals surface area contributed by atoms with Crippen molar-refractivity contribution in [3.05, 3.63) is 39.4 Å². The standard InChI is InChI=1S/C16H20N2O5/c1-10(2)16(15(20)21)6-7-17(9-16)14(19)12-4-5-13(18(22)23)11(3)8-12/h4-5,8,10H,6-7,9H2,1-3H3,(H,20,21). The number of rotatable bonds is 4. The van der Waals surface area contributed by atoms with E-state index in [4.69, 9.17) is 0 Å². The van der Waals surface area contributed by atoms with Gasteiger partial charge in [-0.15, -0.1) is 0 Å². The highest BCUT2D eigenvalue weighted by Crippen LogP contribution is 2.38. The van der Waals surface area contributed by atoms with Crippen LogP contribution >= 0.6 is 0 Å². The molecule has 1 amide bonds. The maximum atomic E-state index is 12.6. The van der Waals surface area contributed by atoms with Crippen molar-refractivity contribution in [2.45, 2.75) is 27.2 Å². The van der Waals surface area contributed by atoms with E-state index in [-0.39, 0.29) is 24.1 Å². The number of benzene rings is 1. The van der Waals surface area contributed by atoms with Crippen molar-refractivity contribution in [2.75, 3.05) is 13.1 Å². The minimum atomic E-state index is -0.925. The van der Waals surface area contributed by atoms with Gasteiger partial charge in [0.15, 0.2) is 0 Å². The van der Waals surface area contributed by atoms with Gasteiger partial charge in [-0.1, -0.05) is 13.8 Å². The van der Waals surface area contributed by atoms with Crippen molar-refractivity contribution in [2.24, 2.45) is 11.3 Å². The summed E-state index contributed by atoms with van der Waals surface area (Å²) in [6, 6.07) is 4.21. The average molecular weight is 320 g/mol. The van der Waals surface area contributed by atoms with E-state index >= 15 is 0 Å². The minimum Gasteiger partial charge on any atom is -0.481 e. The molecule has 0 spiro atoms. The Kier molecular flexibility index (Phi) is 4.40. The third-order valence-electron chi connectivity index (χ3n) is 4.76. The van der Waals surface area contributed by atoms with Gasteiger partial charge in [-0.05, 0) is 31.4 Å². The van der Waals surface area contributed by atoms with Crippen LogP contribution in [0.1, 0.15) is 36.2 Å². The number of aryl methyl sites for hydroxylation is 1. The fourth-order valence-electron chi connectivity index (χ4n) is 3.08. The van der Waals surface area contributed by atoms with Gasteiger partial charge in [-0.2, -0.15) is 0 Å². The molecule has 124 valence electrons. The molecule has 1 aromatic rings. The smallest absolute Gasteiger partial charge is 0.311 e. The molecule has 2 rings (SSSR count). The Balaban J connectivity index is 2.24. The Morgan fingerprint density at radius 3 is 2.48 bits per heavy atom. The van der Waals surface area contributed by atoms with Gasteiger partial charge < -0.3 is 10.0 Å². The van der Waals surface area contributed by atoms with Crippen molar-refractivity contribution in [3.8, 4) is 0 Å². The van der Waals surface area contributed by atoms with Crippen LogP contribution in [0.25, 0.3) is 0 Å². The molecule has 0 aliphatic carbocycles. The zero-order valence-electron chi connectivity index (χ0n) is 13.4. The van der Waals surface area contributed by atoms with Gasteiger partial charge in [0.2, 0.25) is 0 Å². The maximum absolute atomic E-state index is 12.6. The largest absolute Gasteiger partial charge is 0.481 e. The quantitative estimate of drug-likeness (QED) is 0.678. The summed E-state index contributed by atoms with van der Waals surface area (Å²) in [5.41, 5.74) is -0.206. The van der Waals surface area contributed by atoms with Crippen LogP contribution in [0.15, 0.2) is 18.2 Å². The van der Waals surface area contributed by atoms with Crippen LogP contribution in [-0.2, 0) is 4.79 Å². The lowest BCUT2D eigenvalue weighted by Gasteiger charge is -2.28. The Hall–Kier alpha value is -2.44. The van der Waals surface area contributed by atoms with Gasteiger partial charge >= 0.3 is 5.97 Å². The number of aliphatic carboxylic acids is 1. The second-order valence-electron chi connectivity index (χ2n) is 6.35. The number of carbonyl (C=O) groups is 2. The first kappa shape index (κ1) is 16.9. The van der Waals surface area contributed by atoms with E-state index in [9.17, 15) is 24.8 Å². The van der Waals surface area contributed by atoms with Gasteiger partial charge in [0.25, 0.3) is 11.6 Å². The average Bonchev–Trinajstić information content (AvgIpc) is 2.92. The van der Waals surface area contributed by atoms with Gasteiger partial charge in [-0.25, -0.2) is 0 Å². The first-order valence-corrected chi connectivity index (χ1v) is 7.47. The molecule has 1 aliphatic rings. The molecule has 1 unspecified atom stereocenters. The van der Waals surface area contributed by atoms with Gasteiger partial charge in [0.05, 0.1) is 10.3 Å². The van der Waals surface area contributed by atoms with Crippen LogP contribution in [0.3, 0.4) is 0 Å². The predicted molar refractivity (Wildman–Crippen MR) is 83.3 cm³/mol. The van der Waals surface area contributed by atoms with E-state index in [0.717, 1.165) is 0 Å². The number of likely N-dealkylation sites (tertiary alicyclic amines) is 1. The van der Waals surface area contributed by atoms with Crippen molar-refractivity contribution in [1.82, 2.24) is 4.90 Å². The number of carboxylic acid groups (broad SMARTS) is 1. The highest BCUT2D eigenvalue weighted by molar-refractivity contribution is 5.95. The summed E-state index contributed by atoms with van der Waals surface area (Å²) in [5, 5.41) is 20.4. The second-order valence-corrected chi connectivity index (χ2v) is 6.35. The molecule has 0 saturated carbocycles. The Bertz CT molecular complexity index is 670. The molecule has 1 heterocycles. The molecule has 1 fully saturated rings. The maximum Gasteiger partial charge on any atom is 0.311 e. The molecule has 1 atom stereocenters. The third-order valence-corrected chi connectivity index (χ3v) is 4.76. The number of nitro groups is 1. The molecule has 1 aromatic carbocycles. The summed E-state index contributed by atoms with van der Waals surface area (Å²) in [4.78, 5) is 36.1. The van der Waals surface area contributed by atoms with Crippen molar-refractivity contribution in [3.63, 3.8) is 0 Å². The molecule has 7 nitrogen and oxygen atoms in total. The summed E-state index contributed by atoms with van der Waals surface area (Å²) >= 11 is 0. The fourth-order valence-corrected chi connectivity index (χ4v) is 3.08. The number of carboxylic acids is 1. The lowest BCUT2D eigenvalue weighted by Crippen LogP contribution is -2.40. The number of amides is 1. The normalized spacial score (nSPS) is 20.8. The lowest BCUT2D eigenvalue weighted by molar-refractivity contribution is -0.385. The number of hydrogen-bond donors (Lipinski definition) is 1. The molecule has 0 aromatic heterocycles. The first-order valence-electron chi connectivity index (χ1n) is 7.47. The van der Waals surface area contributed by atoms with Crippen LogP contribution in [0, 0.1) is 28.4 Å². The second kappa shape index (κ2) is 5.98. The van der Waals surface area contributed by atoms with Gasteiger partial charge in [0, 0.05) is 30.3 Å². The monoisotopic (exact) mass is 320 g/mol. The fraction of sp³-hybridized carbons (Fsp3) is 0.500. The van der Waals surface area contributed by atoms with E-state index in [1.807, 2.05) is 13.8 Å². The molecule has 7 heteroatoms. The Morgan fingerprint density at radius 2 is 2.04 bits per heavy atom. The van der Waals surface area contributed by atoms with Gasteiger partial charge in [-0.3, -0.25) is 19.7 Å². The Labute approximate surface area is 134 Å². The van der Waals surface area contributed by atoms with Crippen molar-refractivity contribution >= 4 is 17.6 Å². The molecule has 0 radical (unpaired) electrons. The molecule has 1 N–H and O–H groups in total. The number of nitrogens with zero attached hydrogens (tertiary/aromatic N) is 2. The molecule has 1 saturated heterocycles. The van der Waals surface area contributed by atoms with Crippen LogP contribution in [-0.4, -0.2) is 39.9 Å². The highest BCUT2D eigenvalue weighted by atomic mass is 16.6. The van der Waals surface area contributed by atoms with Crippen LogP contribution in [0.5, 0.6) is 0 Å². The molecule has 23 heavy (non-hydrogen) atoms. The molecular formula is C16H20N2O5. The highest BCUT2D eigenvalue weighted by Gasteiger charge is 2.48. The van der Waals surface area contributed by atoms with E-state index in [1.54, 1.807) is 6.92 Å². The Morgan fingerprint density at radius 1 is 1.39 bits per heavy atom. The van der Waals surface area contributed by atoms with Crippen LogP contribution < -0.4 is 0 Å². The summed E-state index contributed by atoms with van der Waals surface area (Å²) in [5.74, 6) is -1.26. The molecule has 1 aliphatic heterocycles. The van der Waals surface area contributed by atoms with E-state index in [1.165, 1.54) is 23.1 Å². The van der Waals surface area contributed by atoms with E-state index in [0.29, 0.717) is 24.1 Å². The molecular weight excluding hydrogens is 300 g/mol. The predicted octanol–water partition coefficient (Wildman–Crippen LogP) is 2.48. The number of nitro benzene ring substituents is 1. The summed E-state index contributed by atoms with van der Waals surface area (Å²) < 4.78 is 0. The summed E-state index contributed by atoms with van der Waals surface area (Å²) in [6.45, 7) is 5.80. The van der Waals surface area contributed by atoms with Crippen LogP contribution in [0.4, 0.5) is 5.69 Å². The van der Waals surface area contributed by atoms with E-state index < -0.39 is 16.3 Å². The third kappa shape index (κ3) is 2.91. The topological polar surface area (TPSA) is 101 Å². The minimum absolute atomic E-state index is 0.0370. The summed E-state index contributed by atoms with van der Waals surface area (Å²) in [7, 11) is 0. The van der Waals surface area contributed by atoms with Crippen molar-refractivity contribution < 1.29 is 19.6 Å². The number of hydrogen-bond acceptors (Lipinski definition) is 4. The first-order chi connectivity index (χ1) is 10.7. The zero-order chi connectivity index (χ0) is 17.4.